The Balaban J connectivity index is 1.24. The number of hydrogen-bond donors (Lipinski definition) is 1. The van der Waals surface area contributed by atoms with Crippen LogP contribution in [0.15, 0.2) is 54.6 Å². The molecule has 4 rings (SSSR count). The summed E-state index contributed by atoms with van der Waals surface area (Å²) in [5, 5.41) is 3.32. The van der Waals surface area contributed by atoms with Crippen LogP contribution in [0.25, 0.3) is 0 Å². The highest BCUT2D eigenvalue weighted by Crippen LogP contribution is 2.31. The molecular formula is C21H24N2O4. The molecular weight excluding hydrogens is 344 g/mol. The van der Waals surface area contributed by atoms with E-state index in [1.54, 1.807) is 0 Å². The summed E-state index contributed by atoms with van der Waals surface area (Å²) in [6.45, 7) is 2.61. The Hall–Kier alpha value is -2.57. The standard InChI is InChI=1S/C21H24N2O4/c24-20(23-12-10-21(11-13-23)26-14-15-27-21)16-25-19-8-6-18(7-9-19)22-17-4-2-1-3-5-17/h1-9,22H,10-16H2. The van der Waals surface area contributed by atoms with Crippen LogP contribution >= 0.6 is 0 Å². The Labute approximate surface area is 159 Å². The van der Waals surface area contributed by atoms with Gasteiger partial charge in [0, 0.05) is 37.3 Å². The first-order valence-corrected chi connectivity index (χ1v) is 9.33. The Bertz CT molecular complexity index is 748. The molecule has 0 atom stereocenters. The second kappa shape index (κ2) is 7.98. The van der Waals surface area contributed by atoms with Gasteiger partial charge >= 0.3 is 0 Å². The quantitative estimate of drug-likeness (QED) is 0.878. The molecule has 0 radical (unpaired) electrons. The largest absolute Gasteiger partial charge is 0.484 e. The number of hydrogen-bond acceptors (Lipinski definition) is 5. The van der Waals surface area contributed by atoms with E-state index < -0.39 is 5.79 Å². The first-order chi connectivity index (χ1) is 13.2. The van der Waals surface area contributed by atoms with E-state index in [2.05, 4.69) is 5.32 Å². The van der Waals surface area contributed by atoms with Gasteiger partial charge in [0.05, 0.1) is 13.2 Å². The van der Waals surface area contributed by atoms with E-state index in [1.807, 2.05) is 59.5 Å². The van der Waals surface area contributed by atoms with Gasteiger partial charge in [0.25, 0.3) is 5.91 Å². The van der Waals surface area contributed by atoms with E-state index in [1.165, 1.54) is 0 Å². The van der Waals surface area contributed by atoms with Crippen LogP contribution < -0.4 is 10.1 Å². The summed E-state index contributed by atoms with van der Waals surface area (Å²) in [6, 6.07) is 17.6. The number of benzene rings is 2. The van der Waals surface area contributed by atoms with Gasteiger partial charge in [0.1, 0.15) is 5.75 Å². The molecule has 6 nitrogen and oxygen atoms in total. The van der Waals surface area contributed by atoms with Crippen molar-refractivity contribution in [3.63, 3.8) is 0 Å². The molecule has 2 heterocycles. The molecule has 1 amide bonds. The Morgan fingerprint density at radius 2 is 1.59 bits per heavy atom. The van der Waals surface area contributed by atoms with Crippen LogP contribution in [-0.4, -0.2) is 49.5 Å². The number of amides is 1. The second-order valence-electron chi connectivity index (χ2n) is 6.79. The molecule has 0 saturated carbocycles. The van der Waals surface area contributed by atoms with Gasteiger partial charge in [-0.05, 0) is 36.4 Å². The molecule has 0 unspecified atom stereocenters. The lowest BCUT2D eigenvalue weighted by Gasteiger charge is -2.37. The van der Waals surface area contributed by atoms with Crippen molar-refractivity contribution >= 4 is 17.3 Å². The number of nitrogens with one attached hydrogen (secondary N) is 1. The summed E-state index contributed by atoms with van der Waals surface area (Å²) >= 11 is 0. The predicted molar refractivity (Wildman–Crippen MR) is 102 cm³/mol. The van der Waals surface area contributed by atoms with Gasteiger partial charge in [-0.15, -0.1) is 0 Å². The number of likely N-dealkylation sites (tertiary alicyclic amines) is 1. The molecule has 2 aliphatic heterocycles. The van der Waals surface area contributed by atoms with Gasteiger partial charge in [0.2, 0.25) is 0 Å². The maximum atomic E-state index is 12.4. The van der Waals surface area contributed by atoms with Gasteiger partial charge < -0.3 is 24.4 Å². The topological polar surface area (TPSA) is 60.0 Å². The van der Waals surface area contributed by atoms with Crippen molar-refractivity contribution in [3.05, 3.63) is 54.6 Å². The zero-order valence-corrected chi connectivity index (χ0v) is 15.2. The second-order valence-corrected chi connectivity index (χ2v) is 6.79. The van der Waals surface area contributed by atoms with Crippen LogP contribution in [0.4, 0.5) is 11.4 Å². The Morgan fingerprint density at radius 1 is 0.963 bits per heavy atom. The highest BCUT2D eigenvalue weighted by Gasteiger charge is 2.40. The van der Waals surface area contributed by atoms with Crippen LogP contribution in [0.3, 0.4) is 0 Å². The summed E-state index contributed by atoms with van der Waals surface area (Å²) < 4.78 is 17.1. The van der Waals surface area contributed by atoms with E-state index in [9.17, 15) is 4.79 Å². The molecule has 2 fully saturated rings. The van der Waals surface area contributed by atoms with Gasteiger partial charge in [-0.2, -0.15) is 0 Å². The zero-order valence-electron chi connectivity index (χ0n) is 15.2. The summed E-state index contributed by atoms with van der Waals surface area (Å²) in [5.74, 6) is 0.214. The minimum atomic E-state index is -0.459. The van der Waals surface area contributed by atoms with E-state index in [0.717, 1.165) is 24.2 Å². The normalized spacial score (nSPS) is 18.4. The highest BCUT2D eigenvalue weighted by atomic mass is 16.7. The Kier molecular flexibility index (Phi) is 5.27. The smallest absolute Gasteiger partial charge is 0.260 e. The van der Waals surface area contributed by atoms with Crippen molar-refractivity contribution in [2.75, 3.05) is 38.2 Å². The molecule has 1 spiro atoms. The summed E-state index contributed by atoms with van der Waals surface area (Å²) in [7, 11) is 0. The first kappa shape index (κ1) is 17.8. The van der Waals surface area contributed by atoms with Crippen LogP contribution in [0, 0.1) is 0 Å². The zero-order chi connectivity index (χ0) is 18.5. The maximum absolute atomic E-state index is 12.4. The van der Waals surface area contributed by atoms with E-state index in [4.69, 9.17) is 14.2 Å². The lowest BCUT2D eigenvalue weighted by Crippen LogP contribution is -2.48. The summed E-state index contributed by atoms with van der Waals surface area (Å²) in [6.07, 6.45) is 1.44. The predicted octanol–water partition coefficient (Wildman–Crippen LogP) is 3.17. The number of piperidine rings is 1. The van der Waals surface area contributed by atoms with Crippen molar-refractivity contribution in [2.24, 2.45) is 0 Å². The van der Waals surface area contributed by atoms with Crippen LogP contribution in [0.2, 0.25) is 0 Å². The number of rotatable bonds is 5. The van der Waals surface area contributed by atoms with E-state index in [0.29, 0.717) is 32.1 Å². The molecule has 2 aliphatic rings. The van der Waals surface area contributed by atoms with Gasteiger partial charge in [-0.1, -0.05) is 18.2 Å². The number of para-hydroxylation sites is 1. The molecule has 2 aromatic carbocycles. The average Bonchev–Trinajstić information content (AvgIpc) is 3.16. The monoisotopic (exact) mass is 368 g/mol. The fraction of sp³-hybridized carbons (Fsp3) is 0.381. The Morgan fingerprint density at radius 3 is 2.26 bits per heavy atom. The van der Waals surface area contributed by atoms with E-state index in [-0.39, 0.29) is 12.5 Å². The van der Waals surface area contributed by atoms with Crippen molar-refractivity contribution in [3.8, 4) is 5.75 Å². The molecule has 1 N–H and O–H groups in total. The lowest BCUT2D eigenvalue weighted by atomic mass is 10.0. The molecule has 0 aliphatic carbocycles. The minimum Gasteiger partial charge on any atom is -0.484 e. The third-order valence-electron chi connectivity index (χ3n) is 4.97. The molecule has 6 heteroatoms. The van der Waals surface area contributed by atoms with Crippen LogP contribution in [0.1, 0.15) is 12.8 Å². The highest BCUT2D eigenvalue weighted by molar-refractivity contribution is 5.78. The third kappa shape index (κ3) is 4.40. The molecule has 2 aromatic rings. The van der Waals surface area contributed by atoms with E-state index >= 15 is 0 Å². The van der Waals surface area contributed by atoms with Crippen molar-refractivity contribution in [1.82, 2.24) is 4.90 Å². The fourth-order valence-corrected chi connectivity index (χ4v) is 3.44. The van der Waals surface area contributed by atoms with Crippen molar-refractivity contribution in [2.45, 2.75) is 18.6 Å². The summed E-state index contributed by atoms with van der Waals surface area (Å²) in [4.78, 5) is 14.2. The molecule has 2 saturated heterocycles. The number of ether oxygens (including phenoxy) is 3. The van der Waals surface area contributed by atoms with Gasteiger partial charge in [-0.25, -0.2) is 0 Å². The SMILES string of the molecule is O=C(COc1ccc(Nc2ccccc2)cc1)N1CCC2(CC1)OCCO2. The van der Waals surface area contributed by atoms with Gasteiger partial charge in [0.15, 0.2) is 12.4 Å². The molecule has 142 valence electrons. The summed E-state index contributed by atoms with van der Waals surface area (Å²) in [5.41, 5.74) is 2.00. The molecule has 0 aromatic heterocycles. The molecule has 27 heavy (non-hydrogen) atoms. The van der Waals surface area contributed by atoms with Crippen molar-refractivity contribution < 1.29 is 19.0 Å². The minimum absolute atomic E-state index is 0.00525. The number of carbonyl (C=O) groups excluding carboxylic acids is 1. The number of nitrogens with zero attached hydrogens (tertiary/aromatic N) is 1. The first-order valence-electron chi connectivity index (χ1n) is 9.33. The number of anilines is 2. The van der Waals surface area contributed by atoms with Crippen molar-refractivity contribution in [1.29, 1.82) is 0 Å². The fourth-order valence-electron chi connectivity index (χ4n) is 3.44. The van der Waals surface area contributed by atoms with Crippen LogP contribution in [-0.2, 0) is 14.3 Å². The van der Waals surface area contributed by atoms with Crippen LogP contribution in [0.5, 0.6) is 5.75 Å². The average molecular weight is 368 g/mol. The van der Waals surface area contributed by atoms with Gasteiger partial charge in [-0.3, -0.25) is 4.79 Å². The maximum Gasteiger partial charge on any atom is 0.260 e. The number of carbonyl (C=O) groups is 1. The molecule has 0 bridgehead atoms. The third-order valence-corrected chi connectivity index (χ3v) is 4.97. The lowest BCUT2D eigenvalue weighted by molar-refractivity contribution is -0.187.